The molecule has 0 aliphatic heterocycles. The number of nitrogens with zero attached hydrogens (tertiary/aromatic N) is 1. The van der Waals surface area contributed by atoms with Gasteiger partial charge in [-0.1, -0.05) is 18.2 Å². The van der Waals surface area contributed by atoms with Crippen molar-refractivity contribution in [2.24, 2.45) is 0 Å². The molecule has 150 valence electrons. The Morgan fingerprint density at radius 2 is 1.72 bits per heavy atom. The third-order valence-electron chi connectivity index (χ3n) is 3.83. The number of halogens is 3. The maximum absolute atomic E-state index is 12.8. The van der Waals surface area contributed by atoms with E-state index in [1.807, 2.05) is 0 Å². The second-order valence-corrected chi connectivity index (χ2v) is 5.94. The summed E-state index contributed by atoms with van der Waals surface area (Å²) in [5.74, 6) is 0.176. The molecule has 1 amide bonds. The summed E-state index contributed by atoms with van der Waals surface area (Å²) in [6.07, 6.45) is -2.73. The van der Waals surface area contributed by atoms with Gasteiger partial charge in [-0.25, -0.2) is 5.43 Å². The van der Waals surface area contributed by atoms with E-state index in [1.165, 1.54) is 6.07 Å². The topological polar surface area (TPSA) is 83.5 Å². The van der Waals surface area contributed by atoms with Gasteiger partial charge in [0.25, 0.3) is 5.91 Å². The van der Waals surface area contributed by atoms with Gasteiger partial charge < -0.3 is 9.84 Å². The predicted octanol–water partition coefficient (Wildman–Crippen LogP) is 3.82. The van der Waals surface area contributed by atoms with Gasteiger partial charge in [-0.05, 0) is 42.5 Å². The first-order chi connectivity index (χ1) is 13.8. The number of hydrogen-bond acceptors (Lipinski definition) is 5. The zero-order valence-electron chi connectivity index (χ0n) is 14.9. The van der Waals surface area contributed by atoms with Gasteiger partial charge in [0, 0.05) is 23.5 Å². The van der Waals surface area contributed by atoms with Gasteiger partial charge >= 0.3 is 6.18 Å². The average molecular weight is 403 g/mol. The van der Waals surface area contributed by atoms with Crippen molar-refractivity contribution in [3.8, 4) is 11.5 Å². The molecule has 29 heavy (non-hydrogen) atoms. The molecule has 6 nitrogen and oxygen atoms in total. The molecule has 0 radical (unpaired) electrons. The fraction of sp³-hybridized carbons (Fsp3) is 0.100. The van der Waals surface area contributed by atoms with Gasteiger partial charge in [-0.2, -0.15) is 13.2 Å². The fourth-order valence-electron chi connectivity index (χ4n) is 2.42. The number of benzene rings is 2. The molecule has 1 unspecified atom stereocenters. The van der Waals surface area contributed by atoms with Crippen molar-refractivity contribution >= 4 is 5.91 Å². The van der Waals surface area contributed by atoms with Crippen molar-refractivity contribution in [1.82, 2.24) is 15.8 Å². The summed E-state index contributed by atoms with van der Waals surface area (Å²) in [6.45, 7) is 0. The lowest BCUT2D eigenvalue weighted by molar-refractivity contribution is -0.137. The molecule has 0 bridgehead atoms. The number of nitrogens with one attached hydrogen (secondary N) is 2. The standard InChI is InChI=1S/C20H16F3N3O3/c21-20(22,23)15-5-1-3-13(11-15)18(27)25-26-19(28)14-4-2-6-17(12-14)29-16-7-9-24-10-8-16/h1-12,19,26,28H,(H,25,27). The largest absolute Gasteiger partial charge is 0.457 e. The van der Waals surface area contributed by atoms with Crippen LogP contribution >= 0.6 is 0 Å². The number of carbonyl (C=O) groups excluding carboxylic acids is 1. The Labute approximate surface area is 163 Å². The van der Waals surface area contributed by atoms with Gasteiger partial charge in [0.05, 0.1) is 5.56 Å². The quantitative estimate of drug-likeness (QED) is 0.431. The maximum atomic E-state index is 12.8. The van der Waals surface area contributed by atoms with Crippen LogP contribution < -0.4 is 15.6 Å². The first-order valence-corrected chi connectivity index (χ1v) is 8.42. The highest BCUT2D eigenvalue weighted by molar-refractivity contribution is 5.94. The van der Waals surface area contributed by atoms with Gasteiger partial charge in [0.15, 0.2) is 0 Å². The molecular weight excluding hydrogens is 387 g/mol. The number of ether oxygens (including phenoxy) is 1. The predicted molar refractivity (Wildman–Crippen MR) is 97.8 cm³/mol. The van der Waals surface area contributed by atoms with Crippen LogP contribution in [0, 0.1) is 0 Å². The number of aliphatic hydroxyl groups is 1. The molecule has 0 spiro atoms. The SMILES string of the molecule is O=C(NNC(O)c1cccc(Oc2ccncc2)c1)c1cccc(C(F)(F)F)c1. The first-order valence-electron chi connectivity index (χ1n) is 8.42. The highest BCUT2D eigenvalue weighted by Gasteiger charge is 2.30. The van der Waals surface area contributed by atoms with E-state index in [-0.39, 0.29) is 5.56 Å². The van der Waals surface area contributed by atoms with E-state index in [9.17, 15) is 23.1 Å². The van der Waals surface area contributed by atoms with Gasteiger partial charge in [0.2, 0.25) is 0 Å². The zero-order valence-corrected chi connectivity index (χ0v) is 14.9. The lowest BCUT2D eigenvalue weighted by Crippen LogP contribution is -2.40. The third kappa shape index (κ3) is 5.53. The fourth-order valence-corrected chi connectivity index (χ4v) is 2.42. The highest BCUT2D eigenvalue weighted by Crippen LogP contribution is 2.29. The number of alkyl halides is 3. The van der Waals surface area contributed by atoms with E-state index in [0.717, 1.165) is 18.2 Å². The number of aliphatic hydroxyl groups excluding tert-OH is 1. The second-order valence-electron chi connectivity index (χ2n) is 5.94. The Bertz CT molecular complexity index is 981. The van der Waals surface area contributed by atoms with Gasteiger partial charge in [-0.15, -0.1) is 0 Å². The Kier molecular flexibility index (Phi) is 6.10. The Morgan fingerprint density at radius 3 is 2.45 bits per heavy atom. The summed E-state index contributed by atoms with van der Waals surface area (Å²) in [5.41, 5.74) is 3.78. The Balaban J connectivity index is 1.63. The number of amides is 1. The molecule has 0 saturated carbocycles. The van der Waals surface area contributed by atoms with Crippen molar-refractivity contribution in [2.45, 2.75) is 12.4 Å². The molecule has 9 heteroatoms. The first kappa shape index (κ1) is 20.3. The lowest BCUT2D eigenvalue weighted by Gasteiger charge is -2.16. The summed E-state index contributed by atoms with van der Waals surface area (Å²) >= 11 is 0. The minimum atomic E-state index is -4.56. The van der Waals surface area contributed by atoms with Crippen LogP contribution in [-0.2, 0) is 6.18 Å². The van der Waals surface area contributed by atoms with Crippen LogP contribution in [0.2, 0.25) is 0 Å². The molecule has 3 N–H and O–H groups in total. The van der Waals surface area contributed by atoms with E-state index in [1.54, 1.807) is 48.8 Å². The van der Waals surface area contributed by atoms with Crippen molar-refractivity contribution in [3.05, 3.63) is 89.7 Å². The molecule has 0 aliphatic rings. The molecule has 1 aromatic heterocycles. The van der Waals surface area contributed by atoms with Crippen molar-refractivity contribution < 1.29 is 27.8 Å². The minimum Gasteiger partial charge on any atom is -0.457 e. The maximum Gasteiger partial charge on any atom is 0.416 e. The van der Waals surface area contributed by atoms with Crippen LogP contribution in [-0.4, -0.2) is 16.0 Å². The Hall–Kier alpha value is -3.43. The monoisotopic (exact) mass is 403 g/mol. The molecule has 3 aromatic rings. The third-order valence-corrected chi connectivity index (χ3v) is 3.83. The second kappa shape index (κ2) is 8.72. The molecule has 1 heterocycles. The van der Waals surface area contributed by atoms with Crippen LogP contribution in [0.15, 0.2) is 73.1 Å². The van der Waals surface area contributed by atoms with Crippen LogP contribution in [0.5, 0.6) is 11.5 Å². The molecular formula is C20H16F3N3O3. The van der Waals surface area contributed by atoms with Crippen LogP contribution in [0.1, 0.15) is 27.7 Å². The van der Waals surface area contributed by atoms with Crippen molar-refractivity contribution in [3.63, 3.8) is 0 Å². The average Bonchev–Trinajstić information content (AvgIpc) is 2.72. The van der Waals surface area contributed by atoms with Crippen molar-refractivity contribution in [2.75, 3.05) is 0 Å². The smallest absolute Gasteiger partial charge is 0.416 e. The van der Waals surface area contributed by atoms with Crippen LogP contribution in [0.3, 0.4) is 0 Å². The molecule has 0 fully saturated rings. The number of hydrazine groups is 1. The van der Waals surface area contributed by atoms with Gasteiger partial charge in [-0.3, -0.25) is 15.2 Å². The molecule has 0 aliphatic carbocycles. The highest BCUT2D eigenvalue weighted by atomic mass is 19.4. The normalized spacial score (nSPS) is 12.3. The van der Waals surface area contributed by atoms with Crippen LogP contribution in [0.25, 0.3) is 0 Å². The number of aromatic nitrogens is 1. The number of rotatable bonds is 6. The summed E-state index contributed by atoms with van der Waals surface area (Å²) in [6, 6.07) is 13.8. The van der Waals surface area contributed by atoms with Gasteiger partial charge in [0.1, 0.15) is 17.7 Å². The number of hydrogen-bond donors (Lipinski definition) is 3. The number of pyridine rings is 1. The van der Waals surface area contributed by atoms with E-state index in [4.69, 9.17) is 4.74 Å². The molecule has 2 aromatic carbocycles. The summed E-state index contributed by atoms with van der Waals surface area (Å²) in [4.78, 5) is 16.0. The van der Waals surface area contributed by atoms with Crippen LogP contribution in [0.4, 0.5) is 13.2 Å². The number of carbonyl (C=O) groups is 1. The summed E-state index contributed by atoms with van der Waals surface area (Å²) in [5, 5.41) is 10.2. The molecule has 3 rings (SSSR count). The lowest BCUT2D eigenvalue weighted by atomic mass is 10.1. The van der Waals surface area contributed by atoms with E-state index in [0.29, 0.717) is 17.1 Å². The van der Waals surface area contributed by atoms with E-state index in [2.05, 4.69) is 15.8 Å². The van der Waals surface area contributed by atoms with E-state index < -0.39 is 23.9 Å². The molecule has 1 atom stereocenters. The van der Waals surface area contributed by atoms with Crippen molar-refractivity contribution in [1.29, 1.82) is 0 Å². The summed E-state index contributed by atoms with van der Waals surface area (Å²) in [7, 11) is 0. The zero-order chi connectivity index (χ0) is 20.9. The summed E-state index contributed by atoms with van der Waals surface area (Å²) < 4.78 is 43.9. The Morgan fingerprint density at radius 1 is 1.00 bits per heavy atom. The minimum absolute atomic E-state index is 0.200. The van der Waals surface area contributed by atoms with E-state index >= 15 is 0 Å². The molecule has 0 saturated heterocycles.